The molecule has 1 fully saturated rings. The molecule has 1 heterocycles. The van der Waals surface area contributed by atoms with Crippen LogP contribution in [-0.4, -0.2) is 38.3 Å². The highest BCUT2D eigenvalue weighted by atomic mass is 16.4. The quantitative estimate of drug-likeness (QED) is 0.615. The Bertz CT molecular complexity index is 551. The van der Waals surface area contributed by atoms with Crippen LogP contribution in [0.15, 0.2) is 6.08 Å². The molecule has 1 saturated carbocycles. The van der Waals surface area contributed by atoms with Gasteiger partial charge in [0.25, 0.3) is 0 Å². The van der Waals surface area contributed by atoms with E-state index in [4.69, 9.17) is 10.8 Å². The van der Waals surface area contributed by atoms with Gasteiger partial charge >= 0.3 is 5.97 Å². The predicted octanol–water partition coefficient (Wildman–Crippen LogP) is 1.18. The van der Waals surface area contributed by atoms with Gasteiger partial charge in [0.05, 0.1) is 11.8 Å². The monoisotopic (exact) mass is 292 g/mol. The van der Waals surface area contributed by atoms with Crippen LogP contribution in [0.1, 0.15) is 36.9 Å². The predicted molar refractivity (Wildman–Crippen MR) is 79.7 cm³/mol. The largest absolute Gasteiger partial charge is 0.478 e. The summed E-state index contributed by atoms with van der Waals surface area (Å²) in [7, 11) is 0. The van der Waals surface area contributed by atoms with E-state index in [1.54, 1.807) is 6.92 Å². The Morgan fingerprint density at radius 1 is 1.33 bits per heavy atom. The van der Waals surface area contributed by atoms with E-state index < -0.39 is 5.97 Å². The van der Waals surface area contributed by atoms with Crippen LogP contribution in [0.2, 0.25) is 0 Å². The van der Waals surface area contributed by atoms with Crippen molar-refractivity contribution in [3.8, 4) is 0 Å². The number of aliphatic carboxylic acids is 1. The maximum absolute atomic E-state index is 10.7. The maximum atomic E-state index is 10.7. The third-order valence-electron chi connectivity index (χ3n) is 3.58. The third-order valence-corrected chi connectivity index (χ3v) is 3.58. The lowest BCUT2D eigenvalue weighted by atomic mass is 9.93. The number of nitrogens with one attached hydrogen (secondary N) is 1. The molecule has 7 heteroatoms. The topological polar surface area (TPSA) is 121 Å². The van der Waals surface area contributed by atoms with E-state index >= 15 is 0 Å². The first kappa shape index (κ1) is 15.2. The third kappa shape index (κ3) is 4.16. The summed E-state index contributed by atoms with van der Waals surface area (Å²) in [6, 6.07) is 0.194. The molecule has 1 aliphatic carbocycles. The van der Waals surface area contributed by atoms with Gasteiger partial charge in [0.2, 0.25) is 5.95 Å². The van der Waals surface area contributed by atoms with E-state index in [1.807, 2.05) is 0 Å². The number of carbonyl (C=O) groups is 1. The van der Waals surface area contributed by atoms with Crippen molar-refractivity contribution in [3.63, 3.8) is 0 Å². The average molecular weight is 292 g/mol. The van der Waals surface area contributed by atoms with Crippen molar-refractivity contribution in [1.29, 1.82) is 0 Å². The van der Waals surface area contributed by atoms with Crippen LogP contribution in [0.25, 0.3) is 6.08 Å². The number of hydrogen-bond donors (Lipinski definition) is 4. The van der Waals surface area contributed by atoms with Crippen molar-refractivity contribution in [2.24, 2.45) is 0 Å². The van der Waals surface area contributed by atoms with Gasteiger partial charge in [0.15, 0.2) is 0 Å². The standard InChI is InChI=1S/C14H20N4O3/c1-8-11(6-7-12(20)21)13(18-14(15)16-8)17-9-2-4-10(19)5-3-9/h6-7,9-10,19H,2-5H2,1H3,(H,20,21)(H3,15,16,17,18)/b7-6+/t9-,10-. The number of anilines is 2. The smallest absolute Gasteiger partial charge is 0.328 e. The highest BCUT2D eigenvalue weighted by Gasteiger charge is 2.21. The fourth-order valence-corrected chi connectivity index (χ4v) is 2.48. The summed E-state index contributed by atoms with van der Waals surface area (Å²) in [5.74, 6) is -0.338. The minimum atomic E-state index is -1.03. The summed E-state index contributed by atoms with van der Waals surface area (Å²) in [6.45, 7) is 1.76. The van der Waals surface area contributed by atoms with Crippen LogP contribution in [0.5, 0.6) is 0 Å². The summed E-state index contributed by atoms with van der Waals surface area (Å²) in [5.41, 5.74) is 6.92. The number of aromatic nitrogens is 2. The molecule has 0 aliphatic heterocycles. The van der Waals surface area contributed by atoms with Gasteiger partial charge in [-0.2, -0.15) is 4.98 Å². The lowest BCUT2D eigenvalue weighted by Crippen LogP contribution is -2.29. The number of aryl methyl sites for hydroxylation is 1. The summed E-state index contributed by atoms with van der Waals surface area (Å²) in [6.07, 6.45) is 5.47. The van der Waals surface area contributed by atoms with E-state index in [1.165, 1.54) is 6.08 Å². The summed E-state index contributed by atoms with van der Waals surface area (Å²) in [5, 5.41) is 21.6. The molecule has 0 unspecified atom stereocenters. The summed E-state index contributed by atoms with van der Waals surface area (Å²) in [4.78, 5) is 18.9. The number of carboxylic acids is 1. The SMILES string of the molecule is Cc1nc(N)nc(N[C@H]2CC[C@H](O)CC2)c1/C=C/C(=O)O. The second-order valence-electron chi connectivity index (χ2n) is 5.25. The fraction of sp³-hybridized carbons (Fsp3) is 0.500. The zero-order chi connectivity index (χ0) is 15.4. The number of aliphatic hydroxyl groups is 1. The minimum Gasteiger partial charge on any atom is -0.478 e. The van der Waals surface area contributed by atoms with Crippen LogP contribution in [0, 0.1) is 6.92 Å². The Balaban J connectivity index is 2.22. The molecule has 0 amide bonds. The number of rotatable bonds is 4. The molecular formula is C14H20N4O3. The van der Waals surface area contributed by atoms with Crippen LogP contribution >= 0.6 is 0 Å². The number of aliphatic hydroxyl groups excluding tert-OH is 1. The first-order valence-electron chi connectivity index (χ1n) is 6.95. The van der Waals surface area contributed by atoms with E-state index in [0.717, 1.165) is 31.8 Å². The van der Waals surface area contributed by atoms with Crippen molar-refractivity contribution in [2.75, 3.05) is 11.1 Å². The molecule has 7 nitrogen and oxygen atoms in total. The Morgan fingerprint density at radius 2 is 2.00 bits per heavy atom. The number of nitrogens with two attached hydrogens (primary N) is 1. The van der Waals surface area contributed by atoms with Crippen molar-refractivity contribution in [3.05, 3.63) is 17.3 Å². The van der Waals surface area contributed by atoms with Crippen molar-refractivity contribution >= 4 is 23.8 Å². The van der Waals surface area contributed by atoms with Gasteiger partial charge in [0, 0.05) is 17.7 Å². The first-order chi connectivity index (χ1) is 9.95. The van der Waals surface area contributed by atoms with Crippen molar-refractivity contribution in [1.82, 2.24) is 9.97 Å². The first-order valence-corrected chi connectivity index (χ1v) is 6.95. The van der Waals surface area contributed by atoms with E-state index in [0.29, 0.717) is 17.1 Å². The number of carboxylic acid groups (broad SMARTS) is 1. The number of nitrogens with zero attached hydrogens (tertiary/aromatic N) is 2. The van der Waals surface area contributed by atoms with Gasteiger partial charge in [-0.15, -0.1) is 0 Å². The second-order valence-corrected chi connectivity index (χ2v) is 5.25. The normalized spacial score (nSPS) is 22.4. The molecular weight excluding hydrogens is 272 g/mol. The molecule has 1 aliphatic rings. The molecule has 0 atom stereocenters. The second kappa shape index (κ2) is 6.53. The van der Waals surface area contributed by atoms with Crippen LogP contribution < -0.4 is 11.1 Å². The molecule has 1 aromatic rings. The fourth-order valence-electron chi connectivity index (χ4n) is 2.48. The van der Waals surface area contributed by atoms with Gasteiger partial charge in [-0.1, -0.05) is 0 Å². The van der Waals surface area contributed by atoms with Gasteiger partial charge in [-0.25, -0.2) is 9.78 Å². The maximum Gasteiger partial charge on any atom is 0.328 e. The van der Waals surface area contributed by atoms with Crippen LogP contribution in [0.4, 0.5) is 11.8 Å². The van der Waals surface area contributed by atoms with E-state index in [-0.39, 0.29) is 18.1 Å². The highest BCUT2D eigenvalue weighted by molar-refractivity contribution is 5.86. The molecule has 0 spiro atoms. The Morgan fingerprint density at radius 3 is 2.62 bits per heavy atom. The molecule has 0 aromatic carbocycles. The molecule has 114 valence electrons. The Labute approximate surface area is 122 Å². The Kier molecular flexibility index (Phi) is 4.74. The molecule has 0 radical (unpaired) electrons. The summed E-state index contributed by atoms with van der Waals surface area (Å²) >= 11 is 0. The van der Waals surface area contributed by atoms with Crippen molar-refractivity contribution < 1.29 is 15.0 Å². The molecule has 2 rings (SSSR count). The van der Waals surface area contributed by atoms with Gasteiger partial charge in [-0.05, 0) is 38.7 Å². The molecule has 0 saturated heterocycles. The Hall–Kier alpha value is -2.15. The summed E-state index contributed by atoms with van der Waals surface area (Å²) < 4.78 is 0. The van der Waals surface area contributed by atoms with E-state index in [9.17, 15) is 9.90 Å². The highest BCUT2D eigenvalue weighted by Crippen LogP contribution is 2.25. The molecule has 5 N–H and O–H groups in total. The average Bonchev–Trinajstić information content (AvgIpc) is 2.40. The molecule has 0 bridgehead atoms. The number of hydrogen-bond acceptors (Lipinski definition) is 6. The lowest BCUT2D eigenvalue weighted by Gasteiger charge is -2.27. The zero-order valence-electron chi connectivity index (χ0n) is 11.9. The van der Waals surface area contributed by atoms with Gasteiger partial charge in [0.1, 0.15) is 5.82 Å². The van der Waals surface area contributed by atoms with Gasteiger partial charge < -0.3 is 21.3 Å². The molecule has 1 aromatic heterocycles. The van der Waals surface area contributed by atoms with Crippen molar-refractivity contribution in [2.45, 2.75) is 44.8 Å². The zero-order valence-corrected chi connectivity index (χ0v) is 11.9. The van der Waals surface area contributed by atoms with Crippen LogP contribution in [-0.2, 0) is 4.79 Å². The lowest BCUT2D eigenvalue weighted by molar-refractivity contribution is -0.131. The van der Waals surface area contributed by atoms with Gasteiger partial charge in [-0.3, -0.25) is 0 Å². The molecule has 21 heavy (non-hydrogen) atoms. The van der Waals surface area contributed by atoms with E-state index in [2.05, 4.69) is 15.3 Å². The van der Waals surface area contributed by atoms with Crippen LogP contribution in [0.3, 0.4) is 0 Å². The minimum absolute atomic E-state index is 0.151. The number of nitrogen functional groups attached to an aromatic ring is 1.